The Bertz CT molecular complexity index is 1380. The zero-order chi connectivity index (χ0) is 27.9. The maximum atomic E-state index is 13.8. The van der Waals surface area contributed by atoms with Crippen molar-refractivity contribution in [2.45, 2.75) is 56.0 Å². The highest BCUT2D eigenvalue weighted by Gasteiger charge is 2.44. The van der Waals surface area contributed by atoms with Gasteiger partial charge in [-0.05, 0) is 74.3 Å². The summed E-state index contributed by atoms with van der Waals surface area (Å²) in [6, 6.07) is 8.41. The molecule has 3 heterocycles. The van der Waals surface area contributed by atoms with E-state index in [2.05, 4.69) is 19.8 Å². The van der Waals surface area contributed by atoms with E-state index in [0.29, 0.717) is 54.9 Å². The first-order valence-corrected chi connectivity index (χ1v) is 15.7. The second-order valence-electron chi connectivity index (χ2n) is 11.5. The minimum atomic E-state index is -3.84. The molecule has 1 saturated carbocycles. The largest absolute Gasteiger partial charge is 0.491 e. The van der Waals surface area contributed by atoms with Crippen molar-refractivity contribution in [2.24, 2.45) is 5.41 Å². The lowest BCUT2D eigenvalue weighted by molar-refractivity contribution is 0.102. The van der Waals surface area contributed by atoms with Gasteiger partial charge in [0.15, 0.2) is 0 Å². The molecule has 3 N–H and O–H groups in total. The van der Waals surface area contributed by atoms with Crippen LogP contribution >= 0.6 is 0 Å². The second kappa shape index (κ2) is 10.8. The molecule has 1 aliphatic carbocycles. The number of nitrogens with zero attached hydrogens (tertiary/aromatic N) is 2. The van der Waals surface area contributed by atoms with Crippen LogP contribution in [0.25, 0.3) is 0 Å². The van der Waals surface area contributed by atoms with Gasteiger partial charge in [-0.25, -0.2) is 17.5 Å². The number of nitrogens with one attached hydrogen (secondary N) is 2. The number of alkyl halides is 1. The average Bonchev–Trinajstić information content (AvgIpc) is 3.53. The van der Waals surface area contributed by atoms with Gasteiger partial charge in [0.25, 0.3) is 5.91 Å². The lowest BCUT2D eigenvalue weighted by Crippen LogP contribution is -2.36. The lowest BCUT2D eigenvalue weighted by atomic mass is 9.93. The summed E-state index contributed by atoms with van der Waals surface area (Å²) in [7, 11) is -3.84. The molecule has 9 nitrogen and oxygen atoms in total. The topological polar surface area (TPSA) is 111 Å². The number of hydrogen-bond donors (Lipinski definition) is 3. The number of piperidine rings is 2. The van der Waals surface area contributed by atoms with Crippen LogP contribution < -0.4 is 24.6 Å². The van der Waals surface area contributed by atoms with Crippen LogP contribution in [-0.4, -0.2) is 71.5 Å². The van der Waals surface area contributed by atoms with E-state index >= 15 is 0 Å². The number of sulfonamides is 1. The first-order valence-electron chi connectivity index (χ1n) is 14.3. The molecular weight excluding hydrogens is 535 g/mol. The van der Waals surface area contributed by atoms with Crippen LogP contribution in [0.3, 0.4) is 0 Å². The van der Waals surface area contributed by atoms with Gasteiger partial charge in [-0.15, -0.1) is 0 Å². The van der Waals surface area contributed by atoms with Crippen LogP contribution in [0.15, 0.2) is 35.2 Å². The van der Waals surface area contributed by atoms with Crippen molar-refractivity contribution in [1.29, 1.82) is 0 Å². The predicted octanol–water partition coefficient (Wildman–Crippen LogP) is 3.46. The first kappa shape index (κ1) is 27.3. The Labute approximate surface area is 234 Å². The standard InChI is InChI=1S/C29H37FN4O5S/c30-21-3-11-33(12-4-21)26-18-22(17-20-5-16-39-27(20)26)32-28(36)24-2-1-23(40(37,38)31-10-15-35)19-25(24)34-13-8-29(6-7-29)9-14-34/h1-2,17-19,21,31,35H,3-16H2,(H,32,36). The van der Waals surface area contributed by atoms with Crippen LogP contribution in [-0.2, 0) is 16.4 Å². The van der Waals surface area contributed by atoms with Crippen LogP contribution in [0.4, 0.5) is 21.5 Å². The minimum absolute atomic E-state index is 0.0624. The van der Waals surface area contributed by atoms with E-state index in [0.717, 1.165) is 49.4 Å². The fraction of sp³-hybridized carbons (Fsp3) is 0.552. The van der Waals surface area contributed by atoms with E-state index < -0.39 is 16.2 Å². The van der Waals surface area contributed by atoms with Crippen molar-refractivity contribution >= 4 is 33.0 Å². The lowest BCUT2D eigenvalue weighted by Gasteiger charge is -2.35. The molecule has 2 aromatic carbocycles. The monoisotopic (exact) mass is 572 g/mol. The molecule has 2 aromatic rings. The molecule has 0 atom stereocenters. The van der Waals surface area contributed by atoms with Crippen molar-refractivity contribution in [1.82, 2.24) is 4.72 Å². The Morgan fingerprint density at radius 2 is 1.75 bits per heavy atom. The SMILES string of the molecule is O=C(Nc1cc2c(c(N3CCC(F)CC3)c1)OCC2)c1ccc(S(=O)(=O)NCCO)cc1N1CCC2(CC1)CC2. The third-order valence-electron chi connectivity index (χ3n) is 8.84. The highest BCUT2D eigenvalue weighted by molar-refractivity contribution is 7.89. The van der Waals surface area contributed by atoms with Gasteiger partial charge in [-0.3, -0.25) is 4.79 Å². The Morgan fingerprint density at radius 3 is 2.45 bits per heavy atom. The molecule has 4 aliphatic rings. The fourth-order valence-electron chi connectivity index (χ4n) is 6.18. The van der Waals surface area contributed by atoms with Gasteiger partial charge in [-0.2, -0.15) is 0 Å². The zero-order valence-corrected chi connectivity index (χ0v) is 23.4. The molecule has 2 saturated heterocycles. The zero-order valence-electron chi connectivity index (χ0n) is 22.6. The number of anilines is 3. The van der Waals surface area contributed by atoms with Gasteiger partial charge in [0.2, 0.25) is 10.0 Å². The van der Waals surface area contributed by atoms with Gasteiger partial charge >= 0.3 is 0 Å². The molecule has 1 spiro atoms. The Morgan fingerprint density at radius 1 is 1.02 bits per heavy atom. The van der Waals surface area contributed by atoms with E-state index in [4.69, 9.17) is 9.84 Å². The molecule has 216 valence electrons. The van der Waals surface area contributed by atoms with Crippen LogP contribution in [0.2, 0.25) is 0 Å². The summed E-state index contributed by atoms with van der Waals surface area (Å²) in [4.78, 5) is 18.1. The summed E-state index contributed by atoms with van der Waals surface area (Å²) in [6.07, 6.45) is 5.40. The van der Waals surface area contributed by atoms with Crippen LogP contribution in [0.1, 0.15) is 54.4 Å². The summed E-state index contributed by atoms with van der Waals surface area (Å²) >= 11 is 0. The van der Waals surface area contributed by atoms with Crippen molar-refractivity contribution < 1.29 is 27.4 Å². The Kier molecular flexibility index (Phi) is 7.39. The van der Waals surface area contributed by atoms with Crippen LogP contribution in [0.5, 0.6) is 5.75 Å². The van der Waals surface area contributed by atoms with Crippen molar-refractivity contribution in [3.8, 4) is 5.75 Å². The number of hydrogen-bond acceptors (Lipinski definition) is 7. The highest BCUT2D eigenvalue weighted by atomic mass is 32.2. The minimum Gasteiger partial charge on any atom is -0.491 e. The molecule has 0 bridgehead atoms. The summed E-state index contributed by atoms with van der Waals surface area (Å²) in [5, 5.41) is 12.2. The summed E-state index contributed by atoms with van der Waals surface area (Å²) < 4.78 is 47.8. The molecule has 11 heteroatoms. The van der Waals surface area contributed by atoms with E-state index in [9.17, 15) is 17.6 Å². The number of aliphatic hydroxyl groups is 1. The van der Waals surface area contributed by atoms with Gasteiger partial charge < -0.3 is 25.0 Å². The number of ether oxygens (including phenoxy) is 1. The Balaban J connectivity index is 1.30. The van der Waals surface area contributed by atoms with E-state index in [-0.39, 0.29) is 24.0 Å². The Hall–Kier alpha value is -2.89. The number of carbonyl (C=O) groups excluding carboxylic acids is 1. The second-order valence-corrected chi connectivity index (χ2v) is 13.3. The van der Waals surface area contributed by atoms with E-state index in [1.165, 1.54) is 18.9 Å². The summed E-state index contributed by atoms with van der Waals surface area (Å²) in [5.41, 5.74) is 3.94. The summed E-state index contributed by atoms with van der Waals surface area (Å²) in [5.74, 6) is 0.490. The van der Waals surface area contributed by atoms with E-state index in [1.54, 1.807) is 12.1 Å². The number of halogens is 1. The quantitative estimate of drug-likeness (QED) is 0.444. The molecule has 3 fully saturated rings. The van der Waals surface area contributed by atoms with Crippen molar-refractivity contribution in [2.75, 3.05) is 61.1 Å². The number of fused-ring (bicyclic) bond motifs is 1. The van der Waals surface area contributed by atoms with Gasteiger partial charge in [0.05, 0.1) is 35.0 Å². The van der Waals surface area contributed by atoms with Gasteiger partial charge in [0, 0.05) is 50.4 Å². The first-order chi connectivity index (χ1) is 19.3. The van der Waals surface area contributed by atoms with Crippen molar-refractivity contribution in [3.63, 3.8) is 0 Å². The fourth-order valence-corrected chi connectivity index (χ4v) is 7.22. The number of benzene rings is 2. The molecule has 1 amide bonds. The average molecular weight is 573 g/mol. The molecule has 3 aliphatic heterocycles. The van der Waals surface area contributed by atoms with Gasteiger partial charge in [-0.1, -0.05) is 0 Å². The molecule has 0 unspecified atom stereocenters. The highest BCUT2D eigenvalue weighted by Crippen LogP contribution is 2.54. The third kappa shape index (κ3) is 5.51. The molecule has 0 radical (unpaired) electrons. The van der Waals surface area contributed by atoms with Gasteiger partial charge in [0.1, 0.15) is 11.9 Å². The maximum Gasteiger partial charge on any atom is 0.257 e. The van der Waals surface area contributed by atoms with E-state index in [1.807, 2.05) is 12.1 Å². The molecule has 0 aromatic heterocycles. The molecular formula is C29H37FN4O5S. The normalized spacial score (nSPS) is 20.4. The summed E-state index contributed by atoms with van der Waals surface area (Å²) in [6.45, 7) is 2.89. The number of carbonyl (C=O) groups is 1. The molecule has 6 rings (SSSR count). The number of aliphatic hydroxyl groups excluding tert-OH is 1. The maximum absolute atomic E-state index is 13.8. The smallest absolute Gasteiger partial charge is 0.257 e. The number of rotatable bonds is 8. The number of amides is 1. The van der Waals surface area contributed by atoms with Crippen molar-refractivity contribution in [3.05, 3.63) is 41.5 Å². The molecule has 40 heavy (non-hydrogen) atoms. The van der Waals surface area contributed by atoms with Crippen LogP contribution in [0, 0.1) is 5.41 Å². The third-order valence-corrected chi connectivity index (χ3v) is 10.3. The predicted molar refractivity (Wildman–Crippen MR) is 152 cm³/mol.